The molecule has 4 heteroatoms. The maximum Gasteiger partial charge on any atom is 0.257 e. The second-order valence-corrected chi connectivity index (χ2v) is 7.05. The summed E-state index contributed by atoms with van der Waals surface area (Å²) in [5.74, 6) is -0.125. The predicted octanol–water partition coefficient (Wildman–Crippen LogP) is 5.09. The average Bonchev–Trinajstić information content (AvgIpc) is 2.87. The lowest BCUT2D eigenvalue weighted by Crippen LogP contribution is -2.19. The molecule has 1 aromatic carbocycles. The van der Waals surface area contributed by atoms with Crippen molar-refractivity contribution >= 4 is 17.3 Å². The van der Waals surface area contributed by atoms with Crippen LogP contribution in [0.3, 0.4) is 0 Å². The number of nitrogens with one attached hydrogen (secondary N) is 2. The molecule has 0 radical (unpaired) electrons. The number of hydrogen-bond acceptors (Lipinski definition) is 3. The molecule has 0 saturated heterocycles. The molecule has 0 unspecified atom stereocenters. The summed E-state index contributed by atoms with van der Waals surface area (Å²) in [4.78, 5) is 16.8. The van der Waals surface area contributed by atoms with E-state index < -0.39 is 0 Å². The molecule has 0 atom stereocenters. The topological polar surface area (TPSA) is 54.0 Å². The van der Waals surface area contributed by atoms with Gasteiger partial charge in [0, 0.05) is 24.1 Å². The monoisotopic (exact) mass is 337 g/mol. The van der Waals surface area contributed by atoms with Crippen LogP contribution in [0, 0.1) is 13.8 Å². The number of nitrogens with zero attached hydrogens (tertiary/aromatic N) is 1. The van der Waals surface area contributed by atoms with E-state index in [1.807, 2.05) is 31.2 Å². The van der Waals surface area contributed by atoms with Gasteiger partial charge in [-0.05, 0) is 56.0 Å². The zero-order chi connectivity index (χ0) is 17.6. The van der Waals surface area contributed by atoms with E-state index in [4.69, 9.17) is 0 Å². The van der Waals surface area contributed by atoms with Gasteiger partial charge in [-0.15, -0.1) is 0 Å². The number of amides is 1. The standard InChI is InChI=1S/C21H27N3O/c1-15-9-10-19(11-16(15)2)24-21(25)17-12-20(14-22-13-17)23-18-7-5-3-4-6-8-18/h9-14,18,23H,3-8H2,1-2H3,(H,24,25). The fourth-order valence-electron chi connectivity index (χ4n) is 3.32. The van der Waals surface area contributed by atoms with Crippen molar-refractivity contribution in [1.29, 1.82) is 0 Å². The van der Waals surface area contributed by atoms with Gasteiger partial charge in [-0.25, -0.2) is 0 Å². The molecule has 1 aliphatic rings. The fraction of sp³-hybridized carbons (Fsp3) is 0.429. The normalized spacial score (nSPS) is 15.4. The Labute approximate surface area is 150 Å². The first-order valence-corrected chi connectivity index (χ1v) is 9.22. The molecule has 1 saturated carbocycles. The van der Waals surface area contributed by atoms with Crippen molar-refractivity contribution in [3.8, 4) is 0 Å². The SMILES string of the molecule is Cc1ccc(NC(=O)c2cncc(NC3CCCCCC3)c2)cc1C. The molecule has 0 bridgehead atoms. The Morgan fingerprint density at radius 2 is 1.72 bits per heavy atom. The van der Waals surface area contributed by atoms with E-state index >= 15 is 0 Å². The molecule has 1 aliphatic carbocycles. The molecule has 0 spiro atoms. The van der Waals surface area contributed by atoms with Crippen LogP contribution in [0.4, 0.5) is 11.4 Å². The quantitative estimate of drug-likeness (QED) is 0.765. The smallest absolute Gasteiger partial charge is 0.257 e. The lowest BCUT2D eigenvalue weighted by atomic mass is 10.1. The highest BCUT2D eigenvalue weighted by Gasteiger charge is 2.13. The molecule has 1 fully saturated rings. The molecule has 2 N–H and O–H groups in total. The molecule has 1 aromatic heterocycles. The summed E-state index contributed by atoms with van der Waals surface area (Å²) >= 11 is 0. The zero-order valence-corrected chi connectivity index (χ0v) is 15.1. The van der Waals surface area contributed by atoms with Gasteiger partial charge in [-0.2, -0.15) is 0 Å². The first kappa shape index (κ1) is 17.5. The minimum absolute atomic E-state index is 0.125. The Morgan fingerprint density at radius 1 is 0.960 bits per heavy atom. The summed E-state index contributed by atoms with van der Waals surface area (Å²) in [6.45, 7) is 4.11. The fourth-order valence-corrected chi connectivity index (χ4v) is 3.32. The molecule has 132 valence electrons. The summed E-state index contributed by atoms with van der Waals surface area (Å²) in [5.41, 5.74) is 4.71. The molecular formula is C21H27N3O. The number of carbonyl (C=O) groups excluding carboxylic acids is 1. The molecule has 0 aliphatic heterocycles. The van der Waals surface area contributed by atoms with Crippen molar-refractivity contribution in [2.24, 2.45) is 0 Å². The van der Waals surface area contributed by atoms with Crippen molar-refractivity contribution < 1.29 is 4.79 Å². The number of anilines is 2. The van der Waals surface area contributed by atoms with Gasteiger partial charge < -0.3 is 10.6 Å². The summed E-state index contributed by atoms with van der Waals surface area (Å²) in [6, 6.07) is 8.33. The van der Waals surface area contributed by atoms with Gasteiger partial charge in [0.05, 0.1) is 11.3 Å². The summed E-state index contributed by atoms with van der Waals surface area (Å²) in [6.07, 6.45) is 11.0. The minimum Gasteiger partial charge on any atom is -0.381 e. The van der Waals surface area contributed by atoms with E-state index in [0.717, 1.165) is 11.4 Å². The van der Waals surface area contributed by atoms with Crippen LogP contribution in [0.1, 0.15) is 60.0 Å². The number of pyridine rings is 1. The van der Waals surface area contributed by atoms with Crippen LogP contribution in [0.2, 0.25) is 0 Å². The maximum absolute atomic E-state index is 12.5. The van der Waals surface area contributed by atoms with E-state index in [2.05, 4.69) is 22.5 Å². The van der Waals surface area contributed by atoms with E-state index in [9.17, 15) is 4.79 Å². The summed E-state index contributed by atoms with van der Waals surface area (Å²) in [7, 11) is 0. The third-order valence-corrected chi connectivity index (χ3v) is 4.99. The van der Waals surface area contributed by atoms with Gasteiger partial charge in [0.2, 0.25) is 0 Å². The molecule has 3 rings (SSSR count). The molecule has 1 heterocycles. The first-order chi connectivity index (χ1) is 12.1. The van der Waals surface area contributed by atoms with E-state index in [-0.39, 0.29) is 5.91 Å². The van der Waals surface area contributed by atoms with Crippen LogP contribution in [0.15, 0.2) is 36.7 Å². The average molecular weight is 337 g/mol. The largest absolute Gasteiger partial charge is 0.381 e. The van der Waals surface area contributed by atoms with Crippen molar-refractivity contribution in [1.82, 2.24) is 4.98 Å². The van der Waals surface area contributed by atoms with Gasteiger partial charge >= 0.3 is 0 Å². The second kappa shape index (κ2) is 8.15. The van der Waals surface area contributed by atoms with Crippen LogP contribution in [0.25, 0.3) is 0 Å². The predicted molar refractivity (Wildman–Crippen MR) is 103 cm³/mol. The van der Waals surface area contributed by atoms with Crippen LogP contribution in [0.5, 0.6) is 0 Å². The Balaban J connectivity index is 1.67. The number of carbonyl (C=O) groups is 1. The summed E-state index contributed by atoms with van der Waals surface area (Å²) < 4.78 is 0. The van der Waals surface area contributed by atoms with Gasteiger partial charge in [0.1, 0.15) is 0 Å². The number of aryl methyl sites for hydroxylation is 2. The third-order valence-electron chi connectivity index (χ3n) is 4.99. The van der Waals surface area contributed by atoms with Crippen molar-refractivity contribution in [2.75, 3.05) is 10.6 Å². The van der Waals surface area contributed by atoms with Gasteiger partial charge in [0.25, 0.3) is 5.91 Å². The van der Waals surface area contributed by atoms with Gasteiger partial charge in [0.15, 0.2) is 0 Å². The van der Waals surface area contributed by atoms with E-state index in [1.165, 1.54) is 49.7 Å². The minimum atomic E-state index is -0.125. The Hall–Kier alpha value is -2.36. The molecule has 4 nitrogen and oxygen atoms in total. The first-order valence-electron chi connectivity index (χ1n) is 9.22. The highest BCUT2D eigenvalue weighted by atomic mass is 16.1. The second-order valence-electron chi connectivity index (χ2n) is 7.05. The lowest BCUT2D eigenvalue weighted by molar-refractivity contribution is 0.102. The van der Waals surface area contributed by atoms with Gasteiger partial charge in [-0.3, -0.25) is 9.78 Å². The maximum atomic E-state index is 12.5. The van der Waals surface area contributed by atoms with E-state index in [1.54, 1.807) is 12.4 Å². The van der Waals surface area contributed by atoms with Crippen LogP contribution >= 0.6 is 0 Å². The van der Waals surface area contributed by atoms with Crippen LogP contribution in [-0.4, -0.2) is 16.9 Å². The van der Waals surface area contributed by atoms with Crippen molar-refractivity contribution in [3.05, 3.63) is 53.3 Å². The number of hydrogen-bond donors (Lipinski definition) is 2. The summed E-state index contributed by atoms with van der Waals surface area (Å²) in [5, 5.41) is 6.51. The Kier molecular flexibility index (Phi) is 5.69. The molecule has 2 aromatic rings. The van der Waals surface area contributed by atoms with Crippen LogP contribution in [-0.2, 0) is 0 Å². The number of benzene rings is 1. The van der Waals surface area contributed by atoms with Gasteiger partial charge in [-0.1, -0.05) is 31.7 Å². The molecular weight excluding hydrogens is 310 g/mol. The zero-order valence-electron chi connectivity index (χ0n) is 15.1. The van der Waals surface area contributed by atoms with E-state index in [0.29, 0.717) is 11.6 Å². The number of aromatic nitrogens is 1. The van der Waals surface area contributed by atoms with Crippen molar-refractivity contribution in [2.45, 2.75) is 58.4 Å². The third kappa shape index (κ3) is 4.81. The highest BCUT2D eigenvalue weighted by molar-refractivity contribution is 6.04. The molecule has 25 heavy (non-hydrogen) atoms. The Morgan fingerprint density at radius 3 is 2.44 bits per heavy atom. The molecule has 1 amide bonds. The Bertz CT molecular complexity index is 734. The number of rotatable bonds is 4. The highest BCUT2D eigenvalue weighted by Crippen LogP contribution is 2.22. The lowest BCUT2D eigenvalue weighted by Gasteiger charge is -2.17. The van der Waals surface area contributed by atoms with Crippen LogP contribution < -0.4 is 10.6 Å². The van der Waals surface area contributed by atoms with Crippen molar-refractivity contribution in [3.63, 3.8) is 0 Å².